The summed E-state index contributed by atoms with van der Waals surface area (Å²) in [7, 11) is 0. The van der Waals surface area contributed by atoms with E-state index in [1.54, 1.807) is 0 Å². The highest BCUT2D eigenvalue weighted by Gasteiger charge is 2.10. The molecule has 0 unspecified atom stereocenters. The molecule has 1 heterocycles. The summed E-state index contributed by atoms with van der Waals surface area (Å²) >= 11 is 3.51. The van der Waals surface area contributed by atoms with Gasteiger partial charge in [-0.15, -0.1) is 0 Å². The molecule has 84 valence electrons. The van der Waals surface area contributed by atoms with Gasteiger partial charge in [-0.05, 0) is 24.1 Å². The Bertz CT molecular complexity index is 460. The first kappa shape index (κ1) is 11.4. The van der Waals surface area contributed by atoms with E-state index in [1.807, 2.05) is 22.9 Å². The molecular weight excluding hydrogens is 264 g/mol. The van der Waals surface area contributed by atoms with Crippen LogP contribution in [0.5, 0.6) is 0 Å². The molecule has 0 saturated heterocycles. The van der Waals surface area contributed by atoms with Crippen molar-refractivity contribution < 1.29 is 0 Å². The number of hydrogen-bond acceptors (Lipinski definition) is 1. The average molecular weight is 279 g/mol. The summed E-state index contributed by atoms with van der Waals surface area (Å²) in [5.41, 5.74) is 3.44. The van der Waals surface area contributed by atoms with Gasteiger partial charge < -0.3 is 0 Å². The molecular formula is C13H15BrN2. The van der Waals surface area contributed by atoms with E-state index in [4.69, 9.17) is 0 Å². The second-order valence-electron chi connectivity index (χ2n) is 4.10. The van der Waals surface area contributed by atoms with Crippen molar-refractivity contribution in [3.63, 3.8) is 0 Å². The third kappa shape index (κ3) is 2.19. The first-order chi connectivity index (χ1) is 7.72. The highest BCUT2D eigenvalue weighted by molar-refractivity contribution is 9.08. The zero-order chi connectivity index (χ0) is 11.5. The lowest BCUT2D eigenvalue weighted by molar-refractivity contribution is 0.759. The van der Waals surface area contributed by atoms with E-state index < -0.39 is 0 Å². The number of hydrogen-bond donors (Lipinski definition) is 0. The molecule has 0 aliphatic heterocycles. The zero-order valence-electron chi connectivity index (χ0n) is 9.52. The third-order valence-corrected chi connectivity index (χ3v) is 3.11. The Labute approximate surface area is 104 Å². The maximum atomic E-state index is 4.64. The van der Waals surface area contributed by atoms with Gasteiger partial charge in [0.2, 0.25) is 0 Å². The van der Waals surface area contributed by atoms with Crippen molar-refractivity contribution in [2.24, 2.45) is 0 Å². The van der Waals surface area contributed by atoms with E-state index in [0.717, 1.165) is 16.7 Å². The van der Waals surface area contributed by atoms with E-state index in [0.29, 0.717) is 5.92 Å². The molecule has 1 aromatic heterocycles. The van der Waals surface area contributed by atoms with Crippen LogP contribution in [-0.2, 0) is 5.33 Å². The molecule has 0 radical (unpaired) electrons. The van der Waals surface area contributed by atoms with Crippen molar-refractivity contribution in [2.45, 2.75) is 25.1 Å². The van der Waals surface area contributed by atoms with Crippen LogP contribution >= 0.6 is 15.9 Å². The van der Waals surface area contributed by atoms with Crippen LogP contribution in [0.3, 0.4) is 0 Å². The quantitative estimate of drug-likeness (QED) is 0.779. The fourth-order valence-corrected chi connectivity index (χ4v) is 2.01. The summed E-state index contributed by atoms with van der Waals surface area (Å²) in [5, 5.41) is 5.46. The molecule has 0 saturated carbocycles. The largest absolute Gasteiger partial charge is 0.237 e. The van der Waals surface area contributed by atoms with Gasteiger partial charge in [0.15, 0.2) is 0 Å². The van der Waals surface area contributed by atoms with Gasteiger partial charge in [-0.25, -0.2) is 4.68 Å². The van der Waals surface area contributed by atoms with Gasteiger partial charge in [-0.1, -0.05) is 48.0 Å². The Kier molecular flexibility index (Phi) is 3.44. The topological polar surface area (TPSA) is 17.8 Å². The minimum Gasteiger partial charge on any atom is -0.237 e. The zero-order valence-corrected chi connectivity index (χ0v) is 11.1. The second kappa shape index (κ2) is 4.83. The third-order valence-electron chi connectivity index (χ3n) is 2.53. The van der Waals surface area contributed by atoms with Crippen molar-refractivity contribution in [1.82, 2.24) is 9.78 Å². The van der Waals surface area contributed by atoms with Gasteiger partial charge >= 0.3 is 0 Å². The molecule has 2 rings (SSSR count). The fraction of sp³-hybridized carbons (Fsp3) is 0.308. The number of nitrogens with zero attached hydrogens (tertiary/aromatic N) is 2. The summed E-state index contributed by atoms with van der Waals surface area (Å²) in [6.45, 7) is 4.32. The lowest BCUT2D eigenvalue weighted by Crippen LogP contribution is -2.00. The van der Waals surface area contributed by atoms with Crippen LogP contribution < -0.4 is 0 Å². The van der Waals surface area contributed by atoms with Crippen LogP contribution in [0, 0.1) is 0 Å². The van der Waals surface area contributed by atoms with Crippen molar-refractivity contribution in [2.75, 3.05) is 0 Å². The van der Waals surface area contributed by atoms with Gasteiger partial charge in [0.1, 0.15) is 0 Å². The van der Waals surface area contributed by atoms with E-state index in [-0.39, 0.29) is 0 Å². The molecule has 0 N–H and O–H groups in total. The molecule has 0 bridgehead atoms. The standard InChI is InChI=1S/C13H15BrN2/c1-10(2)13-8-12(9-14)16(15-13)11-6-4-3-5-7-11/h3-8,10H,9H2,1-2H3. The first-order valence-corrected chi connectivity index (χ1v) is 6.54. The molecule has 0 aliphatic carbocycles. The van der Waals surface area contributed by atoms with E-state index in [2.05, 4.69) is 53.1 Å². The van der Waals surface area contributed by atoms with Gasteiger partial charge in [-0.3, -0.25) is 0 Å². The van der Waals surface area contributed by atoms with E-state index >= 15 is 0 Å². The number of aromatic nitrogens is 2. The van der Waals surface area contributed by atoms with Crippen LogP contribution in [0.2, 0.25) is 0 Å². The molecule has 2 aromatic rings. The highest BCUT2D eigenvalue weighted by atomic mass is 79.9. The van der Waals surface area contributed by atoms with Gasteiger partial charge in [0, 0.05) is 5.33 Å². The molecule has 3 heteroatoms. The molecule has 0 amide bonds. The monoisotopic (exact) mass is 278 g/mol. The Morgan fingerprint density at radius 1 is 1.25 bits per heavy atom. The molecule has 2 nitrogen and oxygen atoms in total. The number of halogens is 1. The van der Waals surface area contributed by atoms with Crippen molar-refractivity contribution in [3.05, 3.63) is 47.8 Å². The normalized spacial score (nSPS) is 11.0. The summed E-state index contributed by atoms with van der Waals surface area (Å²) in [6.07, 6.45) is 0. The minimum absolute atomic E-state index is 0.461. The molecule has 1 aromatic carbocycles. The summed E-state index contributed by atoms with van der Waals surface area (Å²) in [5.74, 6) is 0.461. The van der Waals surface area contributed by atoms with Crippen LogP contribution in [0.25, 0.3) is 5.69 Å². The Hall–Kier alpha value is -1.09. The van der Waals surface area contributed by atoms with Gasteiger partial charge in [-0.2, -0.15) is 5.10 Å². The average Bonchev–Trinajstić information content (AvgIpc) is 2.74. The Balaban J connectivity index is 2.48. The van der Waals surface area contributed by atoms with Crippen LogP contribution in [-0.4, -0.2) is 9.78 Å². The Morgan fingerprint density at radius 3 is 2.50 bits per heavy atom. The lowest BCUT2D eigenvalue weighted by Gasteiger charge is -2.04. The van der Waals surface area contributed by atoms with E-state index in [9.17, 15) is 0 Å². The molecule has 0 fully saturated rings. The van der Waals surface area contributed by atoms with Crippen molar-refractivity contribution >= 4 is 15.9 Å². The van der Waals surface area contributed by atoms with Crippen LogP contribution in [0.1, 0.15) is 31.2 Å². The van der Waals surface area contributed by atoms with Gasteiger partial charge in [0.25, 0.3) is 0 Å². The van der Waals surface area contributed by atoms with Crippen molar-refractivity contribution in [1.29, 1.82) is 0 Å². The second-order valence-corrected chi connectivity index (χ2v) is 4.66. The number of benzene rings is 1. The predicted molar refractivity (Wildman–Crippen MR) is 70.3 cm³/mol. The molecule has 0 aliphatic rings. The molecule has 0 atom stereocenters. The lowest BCUT2D eigenvalue weighted by atomic mass is 10.1. The Morgan fingerprint density at radius 2 is 1.94 bits per heavy atom. The van der Waals surface area contributed by atoms with E-state index in [1.165, 1.54) is 5.69 Å². The van der Waals surface area contributed by atoms with Crippen LogP contribution in [0.15, 0.2) is 36.4 Å². The highest BCUT2D eigenvalue weighted by Crippen LogP contribution is 2.19. The molecule has 16 heavy (non-hydrogen) atoms. The maximum Gasteiger partial charge on any atom is 0.0657 e. The number of alkyl halides is 1. The predicted octanol–water partition coefficient (Wildman–Crippen LogP) is 3.89. The van der Waals surface area contributed by atoms with Crippen molar-refractivity contribution in [3.8, 4) is 5.69 Å². The summed E-state index contributed by atoms with van der Waals surface area (Å²) in [6, 6.07) is 12.4. The fourth-order valence-electron chi connectivity index (χ4n) is 1.61. The smallest absolute Gasteiger partial charge is 0.0657 e. The SMILES string of the molecule is CC(C)c1cc(CBr)n(-c2ccccc2)n1. The first-order valence-electron chi connectivity index (χ1n) is 5.42. The number of rotatable bonds is 3. The van der Waals surface area contributed by atoms with Gasteiger partial charge in [0.05, 0.1) is 17.1 Å². The minimum atomic E-state index is 0.461. The summed E-state index contributed by atoms with van der Waals surface area (Å²) < 4.78 is 2.00. The summed E-state index contributed by atoms with van der Waals surface area (Å²) in [4.78, 5) is 0. The maximum absolute atomic E-state index is 4.64. The number of para-hydroxylation sites is 1. The van der Waals surface area contributed by atoms with Crippen LogP contribution in [0.4, 0.5) is 0 Å². The molecule has 0 spiro atoms.